The van der Waals surface area contributed by atoms with E-state index < -0.39 is 10.0 Å². The highest BCUT2D eigenvalue weighted by molar-refractivity contribution is 14.0. The molecule has 0 saturated carbocycles. The first-order valence-corrected chi connectivity index (χ1v) is 12.2. The molecule has 0 aromatic carbocycles. The van der Waals surface area contributed by atoms with E-state index in [-0.39, 0.29) is 48.4 Å². The van der Waals surface area contributed by atoms with E-state index in [0.29, 0.717) is 25.7 Å². The van der Waals surface area contributed by atoms with Crippen LogP contribution < -0.4 is 15.4 Å². The van der Waals surface area contributed by atoms with Crippen molar-refractivity contribution in [1.29, 1.82) is 0 Å². The maximum atomic E-state index is 12.3. The number of ether oxygens (including phenoxy) is 1. The van der Waals surface area contributed by atoms with Gasteiger partial charge in [-0.3, -0.25) is 4.99 Å². The standard InChI is InChI=1S/C18H33N7O3S.HI/c1-3-19-18(23-16-8-6-10-25-17(16)22-14(2)24-25)20-9-12-29(26,27)21-13-15-7-4-5-11-28-15;/h15-16,21H,3-13H2,1-2H3,(H2,19,20,23);1H. The largest absolute Gasteiger partial charge is 0.377 e. The lowest BCUT2D eigenvalue weighted by Crippen LogP contribution is -2.42. The molecule has 3 N–H and O–H groups in total. The Bertz CT molecular complexity index is 794. The van der Waals surface area contributed by atoms with Crippen LogP contribution in [0.1, 0.15) is 56.7 Å². The van der Waals surface area contributed by atoms with Gasteiger partial charge in [0.1, 0.15) is 11.6 Å². The van der Waals surface area contributed by atoms with Crippen LogP contribution >= 0.6 is 24.0 Å². The second kappa shape index (κ2) is 12.2. The fourth-order valence-electron chi connectivity index (χ4n) is 3.63. The molecular formula is C18H34IN7O3S. The normalized spacial score (nSPS) is 22.1. The van der Waals surface area contributed by atoms with E-state index in [2.05, 4.69) is 30.4 Å². The van der Waals surface area contributed by atoms with Crippen LogP contribution in [0.25, 0.3) is 0 Å². The Labute approximate surface area is 196 Å². The van der Waals surface area contributed by atoms with Crippen molar-refractivity contribution in [1.82, 2.24) is 30.1 Å². The fourth-order valence-corrected chi connectivity index (χ4v) is 4.54. The van der Waals surface area contributed by atoms with Crippen molar-refractivity contribution >= 4 is 40.0 Å². The quantitative estimate of drug-likeness (QED) is 0.249. The minimum atomic E-state index is -3.39. The average Bonchev–Trinajstić information content (AvgIpc) is 3.09. The fraction of sp³-hybridized carbons (Fsp3) is 0.833. The smallest absolute Gasteiger partial charge is 0.213 e. The van der Waals surface area contributed by atoms with E-state index in [1.54, 1.807) is 0 Å². The molecule has 1 fully saturated rings. The Balaban J connectivity index is 0.00000320. The SMILES string of the molecule is CCNC(=NCCS(=O)(=O)NCC1CCCCO1)NC1CCCn2nc(C)nc21.I. The summed E-state index contributed by atoms with van der Waals surface area (Å²) in [5.74, 6) is 2.20. The number of nitrogens with zero attached hydrogens (tertiary/aromatic N) is 4. The van der Waals surface area contributed by atoms with E-state index >= 15 is 0 Å². The molecule has 1 aromatic heterocycles. The minimum absolute atomic E-state index is 0. The molecule has 0 radical (unpaired) electrons. The first-order chi connectivity index (χ1) is 14.0. The summed E-state index contributed by atoms with van der Waals surface area (Å²) in [5, 5.41) is 11.0. The van der Waals surface area contributed by atoms with Gasteiger partial charge in [0.05, 0.1) is 24.4 Å². The van der Waals surface area contributed by atoms with Gasteiger partial charge in [-0.1, -0.05) is 0 Å². The van der Waals surface area contributed by atoms with Gasteiger partial charge in [0.15, 0.2) is 5.96 Å². The lowest BCUT2D eigenvalue weighted by atomic mass is 10.1. The number of halogens is 1. The zero-order valence-corrected chi connectivity index (χ0v) is 20.9. The maximum Gasteiger partial charge on any atom is 0.213 e. The third-order valence-electron chi connectivity index (χ3n) is 5.07. The van der Waals surface area contributed by atoms with Crippen molar-refractivity contribution in [3.8, 4) is 0 Å². The summed E-state index contributed by atoms with van der Waals surface area (Å²) in [6.07, 6.45) is 4.96. The number of hydrogen-bond acceptors (Lipinski definition) is 6. The molecule has 10 nitrogen and oxygen atoms in total. The molecule has 0 amide bonds. The summed E-state index contributed by atoms with van der Waals surface area (Å²) in [7, 11) is -3.39. The molecule has 2 atom stereocenters. The Morgan fingerprint density at radius 1 is 1.30 bits per heavy atom. The molecule has 3 rings (SSSR count). The molecule has 2 aliphatic rings. The number of aromatic nitrogens is 3. The van der Waals surface area contributed by atoms with Crippen LogP contribution in [0.2, 0.25) is 0 Å². The zero-order valence-electron chi connectivity index (χ0n) is 17.8. The van der Waals surface area contributed by atoms with Crippen LogP contribution in [0.3, 0.4) is 0 Å². The van der Waals surface area contributed by atoms with Crippen molar-refractivity contribution in [3.05, 3.63) is 11.6 Å². The predicted octanol–water partition coefficient (Wildman–Crippen LogP) is 1.08. The van der Waals surface area contributed by atoms with Crippen LogP contribution in [-0.4, -0.2) is 67.2 Å². The minimum Gasteiger partial charge on any atom is -0.377 e. The van der Waals surface area contributed by atoms with Crippen molar-refractivity contribution in [3.63, 3.8) is 0 Å². The highest BCUT2D eigenvalue weighted by Crippen LogP contribution is 2.22. The Morgan fingerprint density at radius 3 is 2.87 bits per heavy atom. The number of aryl methyl sites for hydroxylation is 2. The summed E-state index contributed by atoms with van der Waals surface area (Å²) < 4.78 is 34.7. The zero-order chi connectivity index (χ0) is 20.7. The highest BCUT2D eigenvalue weighted by Gasteiger charge is 2.24. The van der Waals surface area contributed by atoms with Gasteiger partial charge in [-0.2, -0.15) is 5.10 Å². The molecule has 2 unspecified atom stereocenters. The molecular weight excluding hydrogens is 521 g/mol. The second-order valence-corrected chi connectivity index (χ2v) is 9.42. The summed E-state index contributed by atoms with van der Waals surface area (Å²) in [5.41, 5.74) is 0. The van der Waals surface area contributed by atoms with Crippen LogP contribution in [0, 0.1) is 6.92 Å². The summed E-state index contributed by atoms with van der Waals surface area (Å²) >= 11 is 0. The van der Waals surface area contributed by atoms with Gasteiger partial charge in [0, 0.05) is 26.2 Å². The average molecular weight is 555 g/mol. The number of fused-ring (bicyclic) bond motifs is 1. The molecule has 12 heteroatoms. The van der Waals surface area contributed by atoms with Crippen molar-refractivity contribution in [2.24, 2.45) is 4.99 Å². The maximum absolute atomic E-state index is 12.3. The second-order valence-electron chi connectivity index (χ2n) is 7.50. The van der Waals surface area contributed by atoms with E-state index in [9.17, 15) is 8.42 Å². The molecule has 30 heavy (non-hydrogen) atoms. The van der Waals surface area contributed by atoms with Crippen molar-refractivity contribution < 1.29 is 13.2 Å². The van der Waals surface area contributed by atoms with Crippen LogP contribution in [0.4, 0.5) is 0 Å². The van der Waals surface area contributed by atoms with Gasteiger partial charge in [0.2, 0.25) is 10.0 Å². The van der Waals surface area contributed by atoms with Gasteiger partial charge in [-0.05, 0) is 46.0 Å². The molecule has 2 aliphatic heterocycles. The van der Waals surface area contributed by atoms with Gasteiger partial charge in [-0.15, -0.1) is 24.0 Å². The summed E-state index contributed by atoms with van der Waals surface area (Å²) in [4.78, 5) is 8.98. The van der Waals surface area contributed by atoms with Crippen LogP contribution in [0.15, 0.2) is 4.99 Å². The Hall–Kier alpha value is -0.990. The van der Waals surface area contributed by atoms with E-state index in [1.807, 2.05) is 18.5 Å². The predicted molar refractivity (Wildman–Crippen MR) is 127 cm³/mol. The van der Waals surface area contributed by atoms with Gasteiger partial charge in [-0.25, -0.2) is 22.8 Å². The van der Waals surface area contributed by atoms with Crippen molar-refractivity contribution in [2.45, 2.75) is 64.6 Å². The monoisotopic (exact) mass is 555 g/mol. The lowest BCUT2D eigenvalue weighted by molar-refractivity contribution is 0.0200. The Kier molecular flexibility index (Phi) is 10.2. The summed E-state index contributed by atoms with van der Waals surface area (Å²) in [6, 6.07) is 0.0148. The number of guanidine groups is 1. The highest BCUT2D eigenvalue weighted by atomic mass is 127. The number of aliphatic imine (C=N–C) groups is 1. The number of nitrogens with one attached hydrogen (secondary N) is 3. The van der Waals surface area contributed by atoms with E-state index in [1.165, 1.54) is 0 Å². The first-order valence-electron chi connectivity index (χ1n) is 10.5. The van der Waals surface area contributed by atoms with Gasteiger partial charge < -0.3 is 15.4 Å². The number of hydrogen-bond donors (Lipinski definition) is 3. The lowest BCUT2D eigenvalue weighted by Gasteiger charge is -2.25. The molecule has 0 bridgehead atoms. The Morgan fingerprint density at radius 2 is 2.13 bits per heavy atom. The third kappa shape index (κ3) is 7.61. The van der Waals surface area contributed by atoms with Crippen LogP contribution in [0.5, 0.6) is 0 Å². The molecule has 1 saturated heterocycles. The molecule has 172 valence electrons. The van der Waals surface area contributed by atoms with Gasteiger partial charge >= 0.3 is 0 Å². The van der Waals surface area contributed by atoms with E-state index in [4.69, 9.17) is 4.74 Å². The molecule has 0 spiro atoms. The molecule has 3 heterocycles. The summed E-state index contributed by atoms with van der Waals surface area (Å²) in [6.45, 7) is 6.65. The third-order valence-corrected chi connectivity index (χ3v) is 6.40. The number of sulfonamides is 1. The van der Waals surface area contributed by atoms with Gasteiger partial charge in [0.25, 0.3) is 0 Å². The number of rotatable bonds is 8. The first kappa shape index (κ1) is 25.3. The van der Waals surface area contributed by atoms with E-state index in [0.717, 1.165) is 50.3 Å². The molecule has 0 aliphatic carbocycles. The topological polar surface area (TPSA) is 123 Å². The molecule has 1 aromatic rings. The van der Waals surface area contributed by atoms with Crippen LogP contribution in [-0.2, 0) is 21.3 Å². The van der Waals surface area contributed by atoms with Crippen molar-refractivity contribution in [2.75, 3.05) is 32.0 Å².